The van der Waals surface area contributed by atoms with Crippen molar-refractivity contribution in [1.82, 2.24) is 0 Å². The zero-order chi connectivity index (χ0) is 14.0. The van der Waals surface area contributed by atoms with Gasteiger partial charge in [-0.3, -0.25) is 10.1 Å². The molecular formula is C13H10BrClN2O2. The summed E-state index contributed by atoms with van der Waals surface area (Å²) in [6.07, 6.45) is 0.501. The molecule has 2 N–H and O–H groups in total. The van der Waals surface area contributed by atoms with Gasteiger partial charge in [-0.1, -0.05) is 39.7 Å². The Morgan fingerprint density at radius 1 is 1.26 bits per heavy atom. The number of benzene rings is 2. The first-order valence-electron chi connectivity index (χ1n) is 5.44. The molecule has 0 aromatic heterocycles. The maximum atomic E-state index is 10.9. The molecule has 2 aromatic rings. The third-order valence-electron chi connectivity index (χ3n) is 2.71. The summed E-state index contributed by atoms with van der Waals surface area (Å²) < 4.78 is 0.973. The first-order valence-corrected chi connectivity index (χ1v) is 6.61. The van der Waals surface area contributed by atoms with E-state index >= 15 is 0 Å². The predicted octanol–water partition coefficient (Wildman–Crippen LogP) is 4.18. The van der Waals surface area contributed by atoms with Crippen molar-refractivity contribution in [2.45, 2.75) is 6.42 Å². The quantitative estimate of drug-likeness (QED) is 0.517. The third kappa shape index (κ3) is 3.24. The summed E-state index contributed by atoms with van der Waals surface area (Å²) in [4.78, 5) is 10.4. The van der Waals surface area contributed by atoms with Gasteiger partial charge in [0, 0.05) is 15.6 Å². The lowest BCUT2D eigenvalue weighted by molar-refractivity contribution is -0.383. The smallest absolute Gasteiger partial charge is 0.293 e. The second-order valence-electron chi connectivity index (χ2n) is 4.06. The van der Waals surface area contributed by atoms with Gasteiger partial charge in [0.15, 0.2) is 0 Å². The first-order chi connectivity index (χ1) is 8.97. The molecule has 19 heavy (non-hydrogen) atoms. The van der Waals surface area contributed by atoms with E-state index in [1.165, 1.54) is 6.07 Å². The van der Waals surface area contributed by atoms with Gasteiger partial charge in [0.25, 0.3) is 5.69 Å². The van der Waals surface area contributed by atoms with Crippen molar-refractivity contribution >= 4 is 38.9 Å². The van der Waals surface area contributed by atoms with Crippen LogP contribution in [0.25, 0.3) is 0 Å². The van der Waals surface area contributed by atoms with Gasteiger partial charge >= 0.3 is 0 Å². The Morgan fingerprint density at radius 2 is 1.89 bits per heavy atom. The molecule has 0 aliphatic rings. The summed E-state index contributed by atoms with van der Waals surface area (Å²) in [6.45, 7) is 0. The van der Waals surface area contributed by atoms with E-state index in [0.29, 0.717) is 17.0 Å². The fourth-order valence-corrected chi connectivity index (χ4v) is 2.28. The summed E-state index contributed by atoms with van der Waals surface area (Å²) in [6, 6.07) is 10.6. The van der Waals surface area contributed by atoms with E-state index in [0.717, 1.165) is 10.0 Å². The van der Waals surface area contributed by atoms with Gasteiger partial charge in [0.1, 0.15) is 5.69 Å². The third-order valence-corrected chi connectivity index (χ3v) is 3.46. The SMILES string of the molecule is Nc1c(Cc2ccc(Br)cc2)cc(Cl)cc1[N+](=O)[O-]. The Hall–Kier alpha value is -1.59. The highest BCUT2D eigenvalue weighted by Crippen LogP contribution is 2.31. The van der Waals surface area contributed by atoms with Crippen LogP contribution in [0.3, 0.4) is 0 Å². The Labute approximate surface area is 123 Å². The van der Waals surface area contributed by atoms with Crippen LogP contribution in [0.4, 0.5) is 11.4 Å². The normalized spacial score (nSPS) is 10.4. The predicted molar refractivity (Wildman–Crippen MR) is 79.5 cm³/mol. The second kappa shape index (κ2) is 5.59. The molecule has 98 valence electrons. The van der Waals surface area contributed by atoms with Gasteiger partial charge in [-0.2, -0.15) is 0 Å². The van der Waals surface area contributed by atoms with E-state index in [4.69, 9.17) is 17.3 Å². The molecule has 0 aliphatic heterocycles. The summed E-state index contributed by atoms with van der Waals surface area (Å²) in [5, 5.41) is 11.2. The minimum absolute atomic E-state index is 0.153. The van der Waals surface area contributed by atoms with Gasteiger partial charge in [0.2, 0.25) is 0 Å². The molecule has 0 saturated carbocycles. The van der Waals surface area contributed by atoms with E-state index in [2.05, 4.69) is 15.9 Å². The zero-order valence-corrected chi connectivity index (χ0v) is 12.1. The lowest BCUT2D eigenvalue weighted by Gasteiger charge is -2.07. The molecule has 0 saturated heterocycles. The lowest BCUT2D eigenvalue weighted by atomic mass is 10.0. The highest BCUT2D eigenvalue weighted by Gasteiger charge is 2.16. The number of nitro benzene ring substituents is 1. The van der Waals surface area contributed by atoms with Crippen molar-refractivity contribution in [2.75, 3.05) is 5.73 Å². The Bertz CT molecular complexity index is 629. The Balaban J connectivity index is 2.39. The van der Waals surface area contributed by atoms with E-state index < -0.39 is 4.92 Å². The van der Waals surface area contributed by atoms with Crippen LogP contribution in [0.1, 0.15) is 11.1 Å². The van der Waals surface area contributed by atoms with Gasteiger partial charge < -0.3 is 5.73 Å². The van der Waals surface area contributed by atoms with Gasteiger partial charge in [0.05, 0.1) is 4.92 Å². The minimum Gasteiger partial charge on any atom is -0.393 e. The van der Waals surface area contributed by atoms with Crippen molar-refractivity contribution in [3.63, 3.8) is 0 Å². The van der Waals surface area contributed by atoms with Gasteiger partial charge in [-0.05, 0) is 35.7 Å². The Morgan fingerprint density at radius 3 is 2.47 bits per heavy atom. The van der Waals surface area contributed by atoms with Crippen LogP contribution in [0.2, 0.25) is 5.02 Å². The van der Waals surface area contributed by atoms with Crippen molar-refractivity contribution in [2.24, 2.45) is 0 Å². The standard InChI is InChI=1S/C13H10BrClN2O2/c14-10-3-1-8(2-4-10)5-9-6-11(15)7-12(13(9)16)17(18)19/h1-4,6-7H,5,16H2. The summed E-state index contributed by atoms with van der Waals surface area (Å²) >= 11 is 9.24. The molecule has 0 radical (unpaired) electrons. The van der Waals surface area contributed by atoms with Crippen LogP contribution >= 0.6 is 27.5 Å². The zero-order valence-electron chi connectivity index (χ0n) is 9.77. The van der Waals surface area contributed by atoms with Crippen LogP contribution in [0, 0.1) is 10.1 Å². The molecule has 0 amide bonds. The molecule has 0 aliphatic carbocycles. The van der Waals surface area contributed by atoms with E-state index in [9.17, 15) is 10.1 Å². The van der Waals surface area contributed by atoms with Crippen LogP contribution in [0.5, 0.6) is 0 Å². The molecule has 0 atom stereocenters. The summed E-state index contributed by atoms with van der Waals surface area (Å²) in [5.74, 6) is 0. The number of hydrogen-bond acceptors (Lipinski definition) is 3. The maximum absolute atomic E-state index is 10.9. The molecule has 4 nitrogen and oxygen atoms in total. The molecule has 6 heteroatoms. The van der Waals surface area contributed by atoms with Crippen LogP contribution < -0.4 is 5.73 Å². The molecule has 2 rings (SSSR count). The molecule has 0 bridgehead atoms. The van der Waals surface area contributed by atoms with Crippen molar-refractivity contribution < 1.29 is 4.92 Å². The van der Waals surface area contributed by atoms with Crippen molar-refractivity contribution in [1.29, 1.82) is 0 Å². The molecule has 0 fully saturated rings. The van der Waals surface area contributed by atoms with E-state index in [1.807, 2.05) is 24.3 Å². The number of halogens is 2. The summed E-state index contributed by atoms with van der Waals surface area (Å²) in [7, 11) is 0. The van der Waals surface area contributed by atoms with Gasteiger partial charge in [-0.25, -0.2) is 0 Å². The van der Waals surface area contributed by atoms with Crippen LogP contribution in [-0.2, 0) is 6.42 Å². The number of nitrogens with two attached hydrogens (primary N) is 1. The van der Waals surface area contributed by atoms with E-state index in [-0.39, 0.29) is 11.4 Å². The largest absolute Gasteiger partial charge is 0.393 e. The topological polar surface area (TPSA) is 69.2 Å². The lowest BCUT2D eigenvalue weighted by Crippen LogP contribution is -2.01. The fourth-order valence-electron chi connectivity index (χ4n) is 1.78. The molecule has 0 unspecified atom stereocenters. The molecule has 2 aromatic carbocycles. The average Bonchev–Trinajstić information content (AvgIpc) is 2.35. The first kappa shape index (κ1) is 13.8. The highest BCUT2D eigenvalue weighted by molar-refractivity contribution is 9.10. The monoisotopic (exact) mass is 340 g/mol. The number of anilines is 1. The highest BCUT2D eigenvalue weighted by atomic mass is 79.9. The van der Waals surface area contributed by atoms with Crippen LogP contribution in [0.15, 0.2) is 40.9 Å². The number of nitrogens with zero attached hydrogens (tertiary/aromatic N) is 1. The average molecular weight is 342 g/mol. The number of nitro groups is 1. The second-order valence-corrected chi connectivity index (χ2v) is 5.41. The molecule has 0 heterocycles. The van der Waals surface area contributed by atoms with Crippen LogP contribution in [-0.4, -0.2) is 4.92 Å². The maximum Gasteiger partial charge on any atom is 0.293 e. The molecule has 0 spiro atoms. The number of rotatable bonds is 3. The fraction of sp³-hybridized carbons (Fsp3) is 0.0769. The molecular weight excluding hydrogens is 332 g/mol. The van der Waals surface area contributed by atoms with Crippen molar-refractivity contribution in [3.8, 4) is 0 Å². The van der Waals surface area contributed by atoms with E-state index in [1.54, 1.807) is 6.07 Å². The number of nitrogen functional groups attached to an aromatic ring is 1. The minimum atomic E-state index is -0.522. The van der Waals surface area contributed by atoms with Gasteiger partial charge in [-0.15, -0.1) is 0 Å². The summed E-state index contributed by atoms with van der Waals surface area (Å²) in [5.41, 5.74) is 7.49. The Kier molecular flexibility index (Phi) is 4.07. The number of hydrogen-bond donors (Lipinski definition) is 1. The van der Waals surface area contributed by atoms with Crippen molar-refractivity contribution in [3.05, 3.63) is 67.1 Å².